The number of hydrogen-bond donors (Lipinski definition) is 1. The fourth-order valence-electron chi connectivity index (χ4n) is 1.99. The highest BCUT2D eigenvalue weighted by molar-refractivity contribution is 7.71. The highest BCUT2D eigenvalue weighted by atomic mass is 35.5. The van der Waals surface area contributed by atoms with Gasteiger partial charge in [0.15, 0.2) is 5.82 Å². The van der Waals surface area contributed by atoms with Gasteiger partial charge in [-0.2, -0.15) is 14.9 Å². The molecule has 1 N–H and O–H groups in total. The van der Waals surface area contributed by atoms with Gasteiger partial charge in [0.25, 0.3) is 0 Å². The average Bonchev–Trinajstić information content (AvgIpc) is 2.88. The third-order valence-electron chi connectivity index (χ3n) is 3.12. The minimum atomic E-state index is -0.493. The van der Waals surface area contributed by atoms with Crippen molar-refractivity contribution < 1.29 is 4.39 Å². The van der Waals surface area contributed by atoms with Crippen LogP contribution in [-0.2, 0) is 0 Å². The summed E-state index contributed by atoms with van der Waals surface area (Å²) in [4.78, 5) is 0. The molecule has 0 amide bonds. The van der Waals surface area contributed by atoms with E-state index in [0.29, 0.717) is 21.4 Å². The number of halogens is 4. The van der Waals surface area contributed by atoms with E-state index in [1.54, 1.807) is 24.3 Å². The number of aromatic nitrogens is 3. The predicted octanol–water partition coefficient (Wildman–Crippen LogP) is 5.59. The molecule has 0 spiro atoms. The van der Waals surface area contributed by atoms with Crippen molar-refractivity contribution in [3.63, 3.8) is 0 Å². The number of benzene rings is 2. The summed E-state index contributed by atoms with van der Waals surface area (Å²) in [5.74, 6) is -0.127. The average molecular weight is 402 g/mol. The third kappa shape index (κ3) is 3.37. The first-order chi connectivity index (χ1) is 11.5. The van der Waals surface area contributed by atoms with Crippen LogP contribution in [0.4, 0.5) is 4.39 Å². The summed E-state index contributed by atoms with van der Waals surface area (Å²) in [6, 6.07) is 9.31. The van der Waals surface area contributed by atoms with Crippen LogP contribution >= 0.6 is 47.0 Å². The van der Waals surface area contributed by atoms with E-state index in [2.05, 4.69) is 15.3 Å². The van der Waals surface area contributed by atoms with Crippen LogP contribution in [0.1, 0.15) is 5.56 Å². The molecule has 3 aromatic rings. The van der Waals surface area contributed by atoms with Gasteiger partial charge in [-0.05, 0) is 42.5 Å². The summed E-state index contributed by atoms with van der Waals surface area (Å²) in [5, 5.41) is 12.0. The molecule has 0 aliphatic carbocycles. The lowest BCUT2D eigenvalue weighted by Gasteiger charge is -2.04. The Morgan fingerprint density at radius 2 is 1.96 bits per heavy atom. The summed E-state index contributed by atoms with van der Waals surface area (Å²) < 4.78 is 15.4. The van der Waals surface area contributed by atoms with Crippen molar-refractivity contribution in [1.82, 2.24) is 14.9 Å². The normalized spacial score (nSPS) is 11.3. The highest BCUT2D eigenvalue weighted by Gasteiger charge is 2.13. The van der Waals surface area contributed by atoms with E-state index in [1.807, 2.05) is 0 Å². The minimum absolute atomic E-state index is 0.149. The van der Waals surface area contributed by atoms with Gasteiger partial charge in [0, 0.05) is 16.1 Å². The maximum absolute atomic E-state index is 13.8. The van der Waals surface area contributed by atoms with E-state index in [4.69, 9.17) is 47.0 Å². The minimum Gasteiger partial charge on any atom is -0.250 e. The van der Waals surface area contributed by atoms with Crippen molar-refractivity contribution in [3.8, 4) is 11.4 Å². The lowest BCUT2D eigenvalue weighted by Crippen LogP contribution is -1.97. The maximum Gasteiger partial charge on any atom is 0.216 e. The molecule has 122 valence electrons. The molecule has 4 nitrogen and oxygen atoms in total. The zero-order chi connectivity index (χ0) is 17.3. The van der Waals surface area contributed by atoms with Crippen LogP contribution < -0.4 is 0 Å². The summed E-state index contributed by atoms with van der Waals surface area (Å²) in [6.45, 7) is 0. The van der Waals surface area contributed by atoms with Gasteiger partial charge in [0.1, 0.15) is 5.82 Å². The molecule has 0 saturated carbocycles. The van der Waals surface area contributed by atoms with Crippen molar-refractivity contribution >= 4 is 53.2 Å². The molecule has 0 atom stereocenters. The van der Waals surface area contributed by atoms with Crippen molar-refractivity contribution in [2.45, 2.75) is 0 Å². The largest absolute Gasteiger partial charge is 0.250 e. The van der Waals surface area contributed by atoms with Crippen molar-refractivity contribution in [2.75, 3.05) is 0 Å². The SMILES string of the molecule is Fc1cccc(Cl)c1C=Nn1c(-c2ccc(Cl)cc2Cl)n[nH]c1=S. The van der Waals surface area contributed by atoms with Crippen LogP contribution in [0.3, 0.4) is 0 Å². The number of hydrogen-bond acceptors (Lipinski definition) is 3. The Kier molecular flexibility index (Phi) is 5.01. The molecule has 3 rings (SSSR count). The van der Waals surface area contributed by atoms with Crippen LogP contribution in [0, 0.1) is 10.6 Å². The second kappa shape index (κ2) is 7.03. The quantitative estimate of drug-likeness (QED) is 0.459. The first-order valence-corrected chi connectivity index (χ1v) is 8.13. The molecule has 1 aromatic heterocycles. The fraction of sp³-hybridized carbons (Fsp3) is 0. The number of aromatic amines is 1. The zero-order valence-corrected chi connectivity index (χ0v) is 14.9. The van der Waals surface area contributed by atoms with Crippen molar-refractivity contribution in [3.05, 3.63) is 67.6 Å². The number of rotatable bonds is 3. The van der Waals surface area contributed by atoms with Gasteiger partial charge in [-0.3, -0.25) is 0 Å². The third-order valence-corrected chi connectivity index (χ3v) is 4.27. The molecule has 24 heavy (non-hydrogen) atoms. The van der Waals surface area contributed by atoms with E-state index >= 15 is 0 Å². The first kappa shape index (κ1) is 17.1. The Balaban J connectivity index is 2.09. The molecule has 0 unspecified atom stereocenters. The van der Waals surface area contributed by atoms with Gasteiger partial charge < -0.3 is 0 Å². The van der Waals surface area contributed by atoms with E-state index < -0.39 is 5.82 Å². The molecule has 0 aliphatic heterocycles. The first-order valence-electron chi connectivity index (χ1n) is 6.58. The monoisotopic (exact) mass is 400 g/mol. The fourth-order valence-corrected chi connectivity index (χ4v) is 2.88. The topological polar surface area (TPSA) is 46.0 Å². The van der Waals surface area contributed by atoms with Gasteiger partial charge in [-0.15, -0.1) is 0 Å². The summed E-state index contributed by atoms with van der Waals surface area (Å²) in [5.41, 5.74) is 0.723. The van der Waals surface area contributed by atoms with Gasteiger partial charge >= 0.3 is 0 Å². The molecule has 0 saturated heterocycles. The molecule has 0 radical (unpaired) electrons. The Labute approximate surface area is 156 Å². The molecule has 1 heterocycles. The Bertz CT molecular complexity index is 976. The second-order valence-electron chi connectivity index (χ2n) is 4.67. The van der Waals surface area contributed by atoms with Gasteiger partial charge in [0.05, 0.1) is 16.3 Å². The lowest BCUT2D eigenvalue weighted by molar-refractivity contribution is 0.625. The van der Waals surface area contributed by atoms with Gasteiger partial charge in [-0.1, -0.05) is 40.9 Å². The standard InChI is InChI=1S/C15H8Cl3FN4S/c16-8-4-5-9(12(18)6-8)14-21-22-15(24)23(14)20-7-10-11(17)2-1-3-13(10)19/h1-7H,(H,22,24). The zero-order valence-electron chi connectivity index (χ0n) is 11.8. The summed E-state index contributed by atoms with van der Waals surface area (Å²) in [6.07, 6.45) is 1.27. The molecule has 0 fully saturated rings. The maximum atomic E-state index is 13.8. The number of nitrogens with zero attached hydrogens (tertiary/aromatic N) is 3. The lowest BCUT2D eigenvalue weighted by atomic mass is 10.2. The van der Waals surface area contributed by atoms with Gasteiger partial charge in [0.2, 0.25) is 4.77 Å². The molecule has 0 bridgehead atoms. The molecule has 0 aliphatic rings. The Morgan fingerprint density at radius 1 is 1.17 bits per heavy atom. The van der Waals surface area contributed by atoms with E-state index in [-0.39, 0.29) is 15.4 Å². The van der Waals surface area contributed by atoms with E-state index in [1.165, 1.54) is 23.0 Å². The number of H-pyrrole nitrogens is 1. The smallest absolute Gasteiger partial charge is 0.216 e. The Morgan fingerprint density at radius 3 is 2.67 bits per heavy atom. The van der Waals surface area contributed by atoms with E-state index in [9.17, 15) is 4.39 Å². The van der Waals surface area contributed by atoms with Crippen molar-refractivity contribution in [1.29, 1.82) is 0 Å². The Hall–Kier alpha value is -1.73. The molecule has 2 aromatic carbocycles. The van der Waals surface area contributed by atoms with Crippen LogP contribution in [0.25, 0.3) is 11.4 Å². The van der Waals surface area contributed by atoms with E-state index in [0.717, 1.165) is 0 Å². The highest BCUT2D eigenvalue weighted by Crippen LogP contribution is 2.29. The van der Waals surface area contributed by atoms with Crippen LogP contribution in [0.2, 0.25) is 15.1 Å². The number of nitrogens with one attached hydrogen (secondary N) is 1. The van der Waals surface area contributed by atoms with Crippen LogP contribution in [0.15, 0.2) is 41.5 Å². The molecular weight excluding hydrogens is 394 g/mol. The molecule has 9 heteroatoms. The van der Waals surface area contributed by atoms with Crippen LogP contribution in [-0.4, -0.2) is 21.1 Å². The summed E-state index contributed by atoms with van der Waals surface area (Å²) >= 11 is 23.2. The summed E-state index contributed by atoms with van der Waals surface area (Å²) in [7, 11) is 0. The molecular formula is C15H8Cl3FN4S. The van der Waals surface area contributed by atoms with Gasteiger partial charge in [-0.25, -0.2) is 9.49 Å². The predicted molar refractivity (Wildman–Crippen MR) is 97.3 cm³/mol. The second-order valence-corrected chi connectivity index (χ2v) is 6.31. The van der Waals surface area contributed by atoms with Crippen LogP contribution in [0.5, 0.6) is 0 Å². The van der Waals surface area contributed by atoms with Crippen molar-refractivity contribution in [2.24, 2.45) is 5.10 Å².